The van der Waals surface area contributed by atoms with Gasteiger partial charge in [0.1, 0.15) is 11.5 Å². The lowest BCUT2D eigenvalue weighted by Crippen LogP contribution is -2.29. The van der Waals surface area contributed by atoms with Crippen LogP contribution in [-0.4, -0.2) is 46.4 Å². The molecule has 1 aliphatic rings. The van der Waals surface area contributed by atoms with Gasteiger partial charge in [0.05, 0.1) is 30.9 Å². The molecule has 2 heterocycles. The van der Waals surface area contributed by atoms with Crippen molar-refractivity contribution in [2.45, 2.75) is 19.5 Å². The van der Waals surface area contributed by atoms with Gasteiger partial charge in [0.15, 0.2) is 0 Å². The molecule has 0 aliphatic carbocycles. The highest BCUT2D eigenvalue weighted by Gasteiger charge is 2.46. The molecule has 4 rings (SSSR count). The number of carbonyl (C=O) groups excluding carboxylic acids is 3. The van der Waals surface area contributed by atoms with Crippen LogP contribution in [0.1, 0.15) is 40.0 Å². The molecule has 1 N–H and O–H groups in total. The second kappa shape index (κ2) is 10.2. The third-order valence-electron chi connectivity index (χ3n) is 5.68. The molecule has 1 fully saturated rings. The predicted octanol–water partition coefficient (Wildman–Crippen LogP) is 3.89. The SMILES string of the molecule is CCOc1cccc(/C(O)=C2\C(=O)C(=O)N(Cc3cccnc3)C2c2ccc(C(=O)OC)cc2)c1. The van der Waals surface area contributed by atoms with E-state index in [9.17, 15) is 19.5 Å². The minimum Gasteiger partial charge on any atom is -0.507 e. The zero-order chi connectivity index (χ0) is 24.9. The molecule has 1 aliphatic heterocycles. The lowest BCUT2D eigenvalue weighted by atomic mass is 9.94. The number of aliphatic hydroxyl groups excluding tert-OH is 1. The standard InChI is InChI=1S/C27H24N2O6/c1-3-35-21-8-4-7-20(14-21)24(30)22-23(18-9-11-19(12-10-18)27(33)34-2)29(26(32)25(22)31)16-17-6-5-13-28-15-17/h4-15,23,30H,3,16H2,1-2H3/b24-22+. The van der Waals surface area contributed by atoms with Crippen molar-refractivity contribution < 1.29 is 29.0 Å². The van der Waals surface area contributed by atoms with Crippen LogP contribution in [0, 0.1) is 0 Å². The number of ketones is 1. The first kappa shape index (κ1) is 23.7. The van der Waals surface area contributed by atoms with E-state index in [1.165, 1.54) is 12.0 Å². The second-order valence-corrected chi connectivity index (χ2v) is 7.86. The first-order valence-electron chi connectivity index (χ1n) is 11.0. The molecule has 1 aromatic heterocycles. The molecule has 35 heavy (non-hydrogen) atoms. The van der Waals surface area contributed by atoms with E-state index < -0.39 is 23.7 Å². The van der Waals surface area contributed by atoms with Crippen LogP contribution in [0.4, 0.5) is 0 Å². The van der Waals surface area contributed by atoms with Crippen LogP contribution in [-0.2, 0) is 20.9 Å². The Bertz CT molecular complexity index is 1280. The number of hydrogen-bond donors (Lipinski definition) is 1. The van der Waals surface area contributed by atoms with Crippen LogP contribution in [0.25, 0.3) is 5.76 Å². The maximum Gasteiger partial charge on any atom is 0.337 e. The fourth-order valence-electron chi connectivity index (χ4n) is 4.05. The number of carbonyl (C=O) groups is 3. The number of ether oxygens (including phenoxy) is 2. The Morgan fingerprint density at radius 2 is 1.83 bits per heavy atom. The van der Waals surface area contributed by atoms with Crippen molar-refractivity contribution in [2.24, 2.45) is 0 Å². The number of likely N-dealkylation sites (tertiary alicyclic amines) is 1. The molecule has 0 saturated carbocycles. The molecular weight excluding hydrogens is 448 g/mol. The Morgan fingerprint density at radius 3 is 2.49 bits per heavy atom. The van der Waals surface area contributed by atoms with E-state index in [2.05, 4.69) is 4.98 Å². The van der Waals surface area contributed by atoms with Crippen LogP contribution in [0.3, 0.4) is 0 Å². The summed E-state index contributed by atoms with van der Waals surface area (Å²) in [5.41, 5.74) is 1.92. The monoisotopic (exact) mass is 472 g/mol. The average molecular weight is 472 g/mol. The summed E-state index contributed by atoms with van der Waals surface area (Å²) in [6.45, 7) is 2.39. The van der Waals surface area contributed by atoms with Crippen LogP contribution in [0.5, 0.6) is 5.75 Å². The summed E-state index contributed by atoms with van der Waals surface area (Å²) in [5.74, 6) is -1.82. The van der Waals surface area contributed by atoms with Gasteiger partial charge in [0.2, 0.25) is 0 Å². The number of aliphatic hydroxyl groups is 1. The number of nitrogens with zero attached hydrogens (tertiary/aromatic N) is 2. The van der Waals surface area contributed by atoms with Gasteiger partial charge < -0.3 is 19.5 Å². The summed E-state index contributed by atoms with van der Waals surface area (Å²) in [4.78, 5) is 43.7. The second-order valence-electron chi connectivity index (χ2n) is 7.86. The summed E-state index contributed by atoms with van der Waals surface area (Å²) in [6.07, 6.45) is 3.23. The van der Waals surface area contributed by atoms with Crippen LogP contribution in [0.2, 0.25) is 0 Å². The molecule has 8 nitrogen and oxygen atoms in total. The lowest BCUT2D eigenvalue weighted by Gasteiger charge is -2.25. The van der Waals surface area contributed by atoms with Gasteiger partial charge in [-0.2, -0.15) is 0 Å². The molecule has 1 amide bonds. The predicted molar refractivity (Wildman–Crippen MR) is 127 cm³/mol. The van der Waals surface area contributed by atoms with Crippen molar-refractivity contribution in [3.8, 4) is 5.75 Å². The number of benzene rings is 2. The summed E-state index contributed by atoms with van der Waals surface area (Å²) in [6, 6.07) is 15.8. The largest absolute Gasteiger partial charge is 0.507 e. The van der Waals surface area contributed by atoms with E-state index in [-0.39, 0.29) is 17.9 Å². The average Bonchev–Trinajstić information content (AvgIpc) is 3.13. The molecule has 2 aromatic carbocycles. The van der Waals surface area contributed by atoms with Crippen molar-refractivity contribution >= 4 is 23.4 Å². The maximum atomic E-state index is 13.2. The van der Waals surface area contributed by atoms with E-state index in [0.717, 1.165) is 5.56 Å². The zero-order valence-electron chi connectivity index (χ0n) is 19.3. The van der Waals surface area contributed by atoms with E-state index in [4.69, 9.17) is 9.47 Å². The Labute approximate surface area is 202 Å². The maximum absolute atomic E-state index is 13.2. The Morgan fingerprint density at radius 1 is 1.06 bits per heavy atom. The summed E-state index contributed by atoms with van der Waals surface area (Å²) in [7, 11) is 1.29. The number of Topliss-reactive ketones (excluding diaryl/α,β-unsaturated/α-hetero) is 1. The molecule has 0 spiro atoms. The van der Waals surface area contributed by atoms with E-state index in [0.29, 0.717) is 29.0 Å². The number of aromatic nitrogens is 1. The van der Waals surface area contributed by atoms with Crippen molar-refractivity contribution in [3.63, 3.8) is 0 Å². The number of methoxy groups -OCH3 is 1. The Hall–Kier alpha value is -4.46. The van der Waals surface area contributed by atoms with Crippen molar-refractivity contribution in [2.75, 3.05) is 13.7 Å². The van der Waals surface area contributed by atoms with Gasteiger partial charge >= 0.3 is 5.97 Å². The first-order chi connectivity index (χ1) is 16.9. The minimum atomic E-state index is -0.877. The number of rotatable bonds is 7. The molecule has 8 heteroatoms. The summed E-state index contributed by atoms with van der Waals surface area (Å²) < 4.78 is 10.3. The van der Waals surface area contributed by atoms with E-state index in [1.54, 1.807) is 73.1 Å². The topological polar surface area (TPSA) is 106 Å². The normalized spacial score (nSPS) is 16.9. The molecule has 1 atom stereocenters. The number of amides is 1. The highest BCUT2D eigenvalue weighted by molar-refractivity contribution is 6.46. The summed E-state index contributed by atoms with van der Waals surface area (Å²) >= 11 is 0. The van der Waals surface area contributed by atoms with Gasteiger partial charge in [-0.05, 0) is 48.4 Å². The molecule has 178 valence electrons. The third-order valence-corrected chi connectivity index (χ3v) is 5.68. The van der Waals surface area contributed by atoms with Crippen molar-refractivity contribution in [1.29, 1.82) is 0 Å². The molecule has 3 aromatic rings. The highest BCUT2D eigenvalue weighted by atomic mass is 16.5. The molecule has 1 saturated heterocycles. The van der Waals surface area contributed by atoms with Gasteiger partial charge in [-0.3, -0.25) is 14.6 Å². The third kappa shape index (κ3) is 4.77. The van der Waals surface area contributed by atoms with Crippen LogP contribution in [0.15, 0.2) is 78.6 Å². The van der Waals surface area contributed by atoms with Crippen LogP contribution < -0.4 is 4.74 Å². The minimum absolute atomic E-state index is 0.0432. The quantitative estimate of drug-likeness (QED) is 0.241. The molecule has 0 bridgehead atoms. The number of hydrogen-bond acceptors (Lipinski definition) is 7. The highest BCUT2D eigenvalue weighted by Crippen LogP contribution is 2.40. The van der Waals surface area contributed by atoms with Gasteiger partial charge in [0.25, 0.3) is 11.7 Å². The number of esters is 1. The Balaban J connectivity index is 1.84. The molecular formula is C27H24N2O6. The lowest BCUT2D eigenvalue weighted by molar-refractivity contribution is -0.140. The first-order valence-corrected chi connectivity index (χ1v) is 11.0. The van der Waals surface area contributed by atoms with Crippen LogP contribution >= 0.6 is 0 Å². The molecule has 1 unspecified atom stereocenters. The Kier molecular flexibility index (Phi) is 6.91. The van der Waals surface area contributed by atoms with E-state index in [1.807, 2.05) is 6.92 Å². The van der Waals surface area contributed by atoms with Crippen molar-refractivity contribution in [1.82, 2.24) is 9.88 Å². The smallest absolute Gasteiger partial charge is 0.337 e. The number of pyridine rings is 1. The van der Waals surface area contributed by atoms with E-state index >= 15 is 0 Å². The van der Waals surface area contributed by atoms with Crippen molar-refractivity contribution in [3.05, 3.63) is 101 Å². The fraction of sp³-hybridized carbons (Fsp3) is 0.185. The zero-order valence-corrected chi connectivity index (χ0v) is 19.3. The molecule has 0 radical (unpaired) electrons. The summed E-state index contributed by atoms with van der Waals surface area (Å²) in [5, 5.41) is 11.2. The van der Waals surface area contributed by atoms with Gasteiger partial charge in [0, 0.05) is 24.5 Å². The fourth-order valence-corrected chi connectivity index (χ4v) is 4.05. The van der Waals surface area contributed by atoms with Gasteiger partial charge in [-0.15, -0.1) is 0 Å². The van der Waals surface area contributed by atoms with Gasteiger partial charge in [-0.1, -0.05) is 30.3 Å². The van der Waals surface area contributed by atoms with Gasteiger partial charge in [-0.25, -0.2) is 4.79 Å².